The number of benzene rings is 1. The first kappa shape index (κ1) is 15.3. The zero-order valence-corrected chi connectivity index (χ0v) is 10.5. The molecule has 0 fully saturated rings. The van der Waals surface area contributed by atoms with Crippen LogP contribution in [0.25, 0.3) is 0 Å². The van der Waals surface area contributed by atoms with E-state index in [-0.39, 0.29) is 12.3 Å². The van der Waals surface area contributed by atoms with E-state index in [2.05, 4.69) is 10.6 Å². The molecule has 0 aliphatic carbocycles. The Morgan fingerprint density at radius 1 is 1.21 bits per heavy atom. The van der Waals surface area contributed by atoms with Gasteiger partial charge in [-0.25, -0.2) is 4.79 Å². The highest BCUT2D eigenvalue weighted by molar-refractivity contribution is 5.89. The first-order valence-corrected chi connectivity index (χ1v) is 5.51. The van der Waals surface area contributed by atoms with E-state index in [4.69, 9.17) is 5.11 Å². The van der Waals surface area contributed by atoms with Crippen LogP contribution in [0.2, 0.25) is 0 Å². The number of carbonyl (C=O) groups is 1. The van der Waals surface area contributed by atoms with Crippen molar-refractivity contribution in [2.24, 2.45) is 0 Å². The number of aliphatic hydroxyl groups excluding tert-OH is 1. The summed E-state index contributed by atoms with van der Waals surface area (Å²) in [5.74, 6) is 0. The summed E-state index contributed by atoms with van der Waals surface area (Å²) >= 11 is 0. The van der Waals surface area contributed by atoms with Crippen LogP contribution in [0, 0.1) is 0 Å². The van der Waals surface area contributed by atoms with Gasteiger partial charge in [0, 0.05) is 5.69 Å². The Balaban J connectivity index is 2.66. The van der Waals surface area contributed by atoms with Gasteiger partial charge in [0.15, 0.2) is 0 Å². The second kappa shape index (κ2) is 5.48. The molecule has 7 heteroatoms. The normalized spacial score (nSPS) is 12.1. The number of urea groups is 1. The van der Waals surface area contributed by atoms with Crippen LogP contribution in [-0.4, -0.2) is 23.3 Å². The third kappa shape index (κ3) is 4.78. The third-order valence-corrected chi connectivity index (χ3v) is 2.32. The Labute approximate surface area is 108 Å². The molecular weight excluding hydrogens is 261 g/mol. The maximum Gasteiger partial charge on any atom is 0.416 e. The first-order chi connectivity index (χ1) is 8.64. The summed E-state index contributed by atoms with van der Waals surface area (Å²) in [6.07, 6.45) is -4.40. The molecule has 0 spiro atoms. The van der Waals surface area contributed by atoms with Gasteiger partial charge >= 0.3 is 12.2 Å². The quantitative estimate of drug-likeness (QED) is 0.794. The van der Waals surface area contributed by atoms with E-state index in [1.807, 2.05) is 0 Å². The Morgan fingerprint density at radius 3 is 2.16 bits per heavy atom. The van der Waals surface area contributed by atoms with E-state index in [9.17, 15) is 18.0 Å². The Bertz CT molecular complexity index is 441. The lowest BCUT2D eigenvalue weighted by Crippen LogP contribution is -2.48. The topological polar surface area (TPSA) is 61.4 Å². The zero-order valence-electron chi connectivity index (χ0n) is 10.5. The molecule has 0 atom stereocenters. The van der Waals surface area contributed by atoms with Crippen LogP contribution in [0.3, 0.4) is 0 Å². The van der Waals surface area contributed by atoms with Crippen molar-refractivity contribution in [3.63, 3.8) is 0 Å². The standard InChI is InChI=1S/C12H15F3N2O2/c1-11(2,7-18)17-10(19)16-9-5-3-8(4-6-9)12(13,14)15/h3-6,18H,7H2,1-2H3,(H2,16,17,19). The average Bonchev–Trinajstić information content (AvgIpc) is 2.27. The minimum Gasteiger partial charge on any atom is -0.394 e. The zero-order chi connectivity index (χ0) is 14.7. The van der Waals surface area contributed by atoms with Gasteiger partial charge in [0.2, 0.25) is 0 Å². The van der Waals surface area contributed by atoms with Crippen LogP contribution in [0.15, 0.2) is 24.3 Å². The number of hydrogen-bond acceptors (Lipinski definition) is 2. The minimum absolute atomic E-state index is 0.235. The summed E-state index contributed by atoms with van der Waals surface area (Å²) in [6, 6.07) is 3.49. The molecule has 3 N–H and O–H groups in total. The lowest BCUT2D eigenvalue weighted by Gasteiger charge is -2.23. The first-order valence-electron chi connectivity index (χ1n) is 5.51. The van der Waals surface area contributed by atoms with Crippen molar-refractivity contribution in [2.75, 3.05) is 11.9 Å². The fourth-order valence-corrected chi connectivity index (χ4v) is 1.25. The molecule has 1 aromatic carbocycles. The second-order valence-electron chi connectivity index (χ2n) is 4.70. The molecule has 0 aliphatic rings. The highest BCUT2D eigenvalue weighted by Gasteiger charge is 2.30. The number of rotatable bonds is 3. The average molecular weight is 276 g/mol. The van der Waals surface area contributed by atoms with Crippen molar-refractivity contribution in [1.29, 1.82) is 0 Å². The molecule has 0 aromatic heterocycles. The number of alkyl halides is 3. The summed E-state index contributed by atoms with van der Waals surface area (Å²) in [5, 5.41) is 13.8. The van der Waals surface area contributed by atoms with Crippen LogP contribution in [0.1, 0.15) is 19.4 Å². The van der Waals surface area contributed by atoms with E-state index in [0.29, 0.717) is 0 Å². The van der Waals surface area contributed by atoms with E-state index in [0.717, 1.165) is 24.3 Å². The molecule has 0 aliphatic heterocycles. The van der Waals surface area contributed by atoms with Gasteiger partial charge in [0.25, 0.3) is 0 Å². The molecule has 0 heterocycles. The summed E-state index contributed by atoms with van der Waals surface area (Å²) in [6.45, 7) is 2.96. The number of amides is 2. The van der Waals surface area contributed by atoms with Gasteiger partial charge in [-0.2, -0.15) is 13.2 Å². The summed E-state index contributed by atoms with van der Waals surface area (Å²) < 4.78 is 37.0. The molecule has 0 radical (unpaired) electrons. The minimum atomic E-state index is -4.40. The molecule has 4 nitrogen and oxygen atoms in total. The van der Waals surface area contributed by atoms with Gasteiger partial charge in [-0.05, 0) is 38.1 Å². The summed E-state index contributed by atoms with van der Waals surface area (Å²) in [7, 11) is 0. The smallest absolute Gasteiger partial charge is 0.394 e. The van der Waals surface area contributed by atoms with Crippen molar-refractivity contribution < 1.29 is 23.1 Å². The highest BCUT2D eigenvalue weighted by atomic mass is 19.4. The monoisotopic (exact) mass is 276 g/mol. The summed E-state index contributed by atoms with van der Waals surface area (Å²) in [4.78, 5) is 11.5. The van der Waals surface area contributed by atoms with Crippen LogP contribution in [-0.2, 0) is 6.18 Å². The van der Waals surface area contributed by atoms with E-state index >= 15 is 0 Å². The lowest BCUT2D eigenvalue weighted by molar-refractivity contribution is -0.137. The van der Waals surface area contributed by atoms with E-state index < -0.39 is 23.3 Å². The van der Waals surface area contributed by atoms with Gasteiger partial charge < -0.3 is 15.7 Å². The molecule has 1 aromatic rings. The predicted molar refractivity (Wildman–Crippen MR) is 64.8 cm³/mol. The van der Waals surface area contributed by atoms with Crippen LogP contribution < -0.4 is 10.6 Å². The largest absolute Gasteiger partial charge is 0.416 e. The Hall–Kier alpha value is -1.76. The van der Waals surface area contributed by atoms with Gasteiger partial charge in [0.1, 0.15) is 0 Å². The predicted octanol–water partition coefficient (Wildman–Crippen LogP) is 2.60. The van der Waals surface area contributed by atoms with E-state index in [1.54, 1.807) is 13.8 Å². The van der Waals surface area contributed by atoms with Gasteiger partial charge in [-0.3, -0.25) is 0 Å². The Morgan fingerprint density at radius 2 is 1.74 bits per heavy atom. The van der Waals surface area contributed by atoms with E-state index in [1.165, 1.54) is 0 Å². The maximum atomic E-state index is 12.3. The molecule has 0 saturated heterocycles. The number of anilines is 1. The molecule has 0 saturated carbocycles. The van der Waals surface area contributed by atoms with Gasteiger partial charge in [-0.1, -0.05) is 0 Å². The van der Waals surface area contributed by atoms with Crippen molar-refractivity contribution >= 4 is 11.7 Å². The third-order valence-electron chi connectivity index (χ3n) is 2.32. The maximum absolute atomic E-state index is 12.3. The SMILES string of the molecule is CC(C)(CO)NC(=O)Nc1ccc(C(F)(F)F)cc1. The molecular formula is C12H15F3N2O2. The molecule has 106 valence electrons. The molecule has 19 heavy (non-hydrogen) atoms. The summed E-state index contributed by atoms with van der Waals surface area (Å²) in [5.41, 5.74) is -1.36. The van der Waals surface area contributed by atoms with Crippen LogP contribution in [0.5, 0.6) is 0 Å². The molecule has 2 amide bonds. The number of halogens is 3. The second-order valence-corrected chi connectivity index (χ2v) is 4.70. The fourth-order valence-electron chi connectivity index (χ4n) is 1.25. The Kier molecular flexibility index (Phi) is 4.41. The number of carbonyl (C=O) groups excluding carboxylic acids is 1. The lowest BCUT2D eigenvalue weighted by atomic mass is 10.1. The molecule has 1 rings (SSSR count). The van der Waals surface area contributed by atoms with Crippen molar-refractivity contribution in [3.05, 3.63) is 29.8 Å². The fraction of sp³-hybridized carbons (Fsp3) is 0.417. The van der Waals surface area contributed by atoms with Gasteiger partial charge in [-0.15, -0.1) is 0 Å². The van der Waals surface area contributed by atoms with Crippen LogP contribution in [0.4, 0.5) is 23.7 Å². The molecule has 0 bridgehead atoms. The number of aliphatic hydroxyl groups is 1. The van der Waals surface area contributed by atoms with Crippen molar-refractivity contribution in [1.82, 2.24) is 5.32 Å². The number of nitrogens with one attached hydrogen (secondary N) is 2. The highest BCUT2D eigenvalue weighted by Crippen LogP contribution is 2.29. The number of hydrogen-bond donors (Lipinski definition) is 3. The van der Waals surface area contributed by atoms with Gasteiger partial charge in [0.05, 0.1) is 17.7 Å². The van der Waals surface area contributed by atoms with Crippen molar-refractivity contribution in [2.45, 2.75) is 25.6 Å². The van der Waals surface area contributed by atoms with Crippen molar-refractivity contribution in [3.8, 4) is 0 Å². The molecule has 0 unspecified atom stereocenters. The van der Waals surface area contributed by atoms with Crippen LogP contribution >= 0.6 is 0 Å².